The molecule has 94 valence electrons. The Balaban J connectivity index is 2.63. The molecule has 1 aromatic heterocycles. The van der Waals surface area contributed by atoms with Crippen LogP contribution < -0.4 is 10.2 Å². The summed E-state index contributed by atoms with van der Waals surface area (Å²) in [5.74, 6) is 0.566. The maximum absolute atomic E-state index is 11.5. The van der Waals surface area contributed by atoms with Gasteiger partial charge in [-0.25, -0.2) is 4.98 Å². The lowest BCUT2D eigenvalue weighted by molar-refractivity contribution is -0.119. The van der Waals surface area contributed by atoms with Crippen LogP contribution in [0.2, 0.25) is 5.02 Å². The Labute approximate surface area is 114 Å². The van der Waals surface area contributed by atoms with Gasteiger partial charge in [0, 0.05) is 24.3 Å². The topological polar surface area (TPSA) is 45.2 Å². The molecular formula is C11H15BrClN3O. The highest BCUT2D eigenvalue weighted by atomic mass is 79.9. The third-order valence-electron chi connectivity index (χ3n) is 2.10. The number of hydrogen-bond acceptors (Lipinski definition) is 3. The van der Waals surface area contributed by atoms with Crippen LogP contribution in [0.4, 0.5) is 5.82 Å². The van der Waals surface area contributed by atoms with E-state index in [1.54, 1.807) is 24.2 Å². The molecule has 1 amide bonds. The number of likely N-dealkylation sites (N-methyl/N-ethyl adjacent to an activating group) is 1. The second-order valence-corrected chi connectivity index (χ2v) is 4.99. The highest BCUT2D eigenvalue weighted by Crippen LogP contribution is 2.25. The van der Waals surface area contributed by atoms with Crippen LogP contribution in [0.15, 0.2) is 16.7 Å². The van der Waals surface area contributed by atoms with E-state index in [9.17, 15) is 4.79 Å². The summed E-state index contributed by atoms with van der Waals surface area (Å²) in [4.78, 5) is 17.4. The van der Waals surface area contributed by atoms with Crippen molar-refractivity contribution < 1.29 is 4.79 Å². The van der Waals surface area contributed by atoms with E-state index in [2.05, 4.69) is 26.2 Å². The Hall–Kier alpha value is -0.810. The summed E-state index contributed by atoms with van der Waals surface area (Å²) < 4.78 is 0.815. The van der Waals surface area contributed by atoms with Gasteiger partial charge in [0.2, 0.25) is 5.91 Å². The molecule has 0 aliphatic heterocycles. The van der Waals surface area contributed by atoms with Crippen molar-refractivity contribution >= 4 is 39.3 Å². The van der Waals surface area contributed by atoms with Gasteiger partial charge in [0.1, 0.15) is 5.82 Å². The van der Waals surface area contributed by atoms with E-state index in [-0.39, 0.29) is 12.5 Å². The van der Waals surface area contributed by atoms with Gasteiger partial charge in [-0.1, -0.05) is 18.5 Å². The van der Waals surface area contributed by atoms with Crippen LogP contribution in [0.3, 0.4) is 0 Å². The molecule has 1 N–H and O–H groups in total. The van der Waals surface area contributed by atoms with E-state index in [1.807, 2.05) is 6.92 Å². The van der Waals surface area contributed by atoms with Crippen LogP contribution in [0.1, 0.15) is 13.3 Å². The minimum atomic E-state index is -0.0323. The molecule has 0 aromatic carbocycles. The van der Waals surface area contributed by atoms with E-state index >= 15 is 0 Å². The first-order valence-electron chi connectivity index (χ1n) is 5.33. The van der Waals surface area contributed by atoms with Gasteiger partial charge in [-0.2, -0.15) is 0 Å². The first-order chi connectivity index (χ1) is 8.04. The monoisotopic (exact) mass is 319 g/mol. The van der Waals surface area contributed by atoms with Crippen LogP contribution in [-0.4, -0.2) is 31.0 Å². The molecule has 1 rings (SSSR count). The maximum atomic E-state index is 11.5. The quantitative estimate of drug-likeness (QED) is 0.906. The minimum absolute atomic E-state index is 0.0323. The summed E-state index contributed by atoms with van der Waals surface area (Å²) in [6.45, 7) is 2.94. The standard InChI is InChI=1S/C11H15BrClN3O/c1-3-4-14-10(17)7-16(2)11-9(13)5-8(12)6-15-11/h5-6H,3-4,7H2,1-2H3,(H,14,17). The average Bonchev–Trinajstić information content (AvgIpc) is 2.26. The zero-order chi connectivity index (χ0) is 12.8. The van der Waals surface area contributed by atoms with Crippen molar-refractivity contribution in [3.63, 3.8) is 0 Å². The summed E-state index contributed by atoms with van der Waals surface area (Å²) in [5.41, 5.74) is 0. The Morgan fingerprint density at radius 2 is 2.35 bits per heavy atom. The summed E-state index contributed by atoms with van der Waals surface area (Å²) in [6.07, 6.45) is 2.58. The number of rotatable bonds is 5. The third kappa shape index (κ3) is 4.52. The van der Waals surface area contributed by atoms with Crippen molar-refractivity contribution in [3.05, 3.63) is 21.8 Å². The lowest BCUT2D eigenvalue weighted by atomic mass is 10.4. The number of halogens is 2. The van der Waals surface area contributed by atoms with E-state index in [4.69, 9.17) is 11.6 Å². The number of nitrogens with zero attached hydrogens (tertiary/aromatic N) is 2. The smallest absolute Gasteiger partial charge is 0.239 e. The molecule has 0 spiro atoms. The van der Waals surface area contributed by atoms with Crippen molar-refractivity contribution in [2.45, 2.75) is 13.3 Å². The first-order valence-corrected chi connectivity index (χ1v) is 6.50. The fourth-order valence-corrected chi connectivity index (χ4v) is 2.07. The Kier molecular flexibility index (Phi) is 5.71. The molecule has 0 aliphatic rings. The van der Waals surface area contributed by atoms with Crippen molar-refractivity contribution in [2.75, 3.05) is 25.0 Å². The summed E-state index contributed by atoms with van der Waals surface area (Å²) in [6, 6.07) is 1.75. The van der Waals surface area contributed by atoms with E-state index in [0.717, 1.165) is 10.9 Å². The normalized spacial score (nSPS) is 10.1. The minimum Gasteiger partial charge on any atom is -0.355 e. The van der Waals surface area contributed by atoms with E-state index in [0.29, 0.717) is 17.4 Å². The largest absolute Gasteiger partial charge is 0.355 e. The molecule has 0 aliphatic carbocycles. The molecule has 0 unspecified atom stereocenters. The van der Waals surface area contributed by atoms with Gasteiger partial charge in [0.05, 0.1) is 11.6 Å². The Morgan fingerprint density at radius 1 is 1.65 bits per heavy atom. The van der Waals surface area contributed by atoms with Crippen LogP contribution in [-0.2, 0) is 4.79 Å². The van der Waals surface area contributed by atoms with Crippen molar-refractivity contribution in [1.82, 2.24) is 10.3 Å². The zero-order valence-electron chi connectivity index (χ0n) is 9.83. The maximum Gasteiger partial charge on any atom is 0.239 e. The summed E-state index contributed by atoms with van der Waals surface area (Å²) >= 11 is 9.33. The molecule has 0 bridgehead atoms. The van der Waals surface area contributed by atoms with Gasteiger partial charge in [0.15, 0.2) is 0 Å². The average molecular weight is 321 g/mol. The zero-order valence-corrected chi connectivity index (χ0v) is 12.2. The third-order valence-corrected chi connectivity index (χ3v) is 2.81. The number of hydrogen-bond donors (Lipinski definition) is 1. The number of pyridine rings is 1. The van der Waals surface area contributed by atoms with Crippen LogP contribution >= 0.6 is 27.5 Å². The molecule has 17 heavy (non-hydrogen) atoms. The molecule has 1 aromatic rings. The molecular weight excluding hydrogens is 305 g/mol. The summed E-state index contributed by atoms with van der Waals surface area (Å²) in [7, 11) is 1.79. The van der Waals surface area contributed by atoms with Crippen LogP contribution in [0, 0.1) is 0 Å². The molecule has 0 atom stereocenters. The van der Waals surface area contributed by atoms with Gasteiger partial charge >= 0.3 is 0 Å². The Morgan fingerprint density at radius 3 is 2.94 bits per heavy atom. The van der Waals surface area contributed by atoms with E-state index in [1.165, 1.54) is 0 Å². The SMILES string of the molecule is CCCNC(=O)CN(C)c1ncc(Br)cc1Cl. The van der Waals surface area contributed by atoms with Gasteiger partial charge < -0.3 is 10.2 Å². The van der Waals surface area contributed by atoms with Gasteiger partial charge in [-0.15, -0.1) is 0 Å². The number of carbonyl (C=O) groups excluding carboxylic acids is 1. The van der Waals surface area contributed by atoms with Gasteiger partial charge in [-0.05, 0) is 28.4 Å². The number of aromatic nitrogens is 1. The number of nitrogens with one attached hydrogen (secondary N) is 1. The molecule has 0 saturated carbocycles. The second-order valence-electron chi connectivity index (χ2n) is 3.66. The fourth-order valence-electron chi connectivity index (χ4n) is 1.30. The van der Waals surface area contributed by atoms with Crippen LogP contribution in [0.5, 0.6) is 0 Å². The molecule has 6 heteroatoms. The van der Waals surface area contributed by atoms with Crippen LogP contribution in [0.25, 0.3) is 0 Å². The van der Waals surface area contributed by atoms with Gasteiger partial charge in [0.25, 0.3) is 0 Å². The Bertz CT molecular complexity index is 400. The highest BCUT2D eigenvalue weighted by Gasteiger charge is 2.11. The lowest BCUT2D eigenvalue weighted by Gasteiger charge is -2.18. The summed E-state index contributed by atoms with van der Waals surface area (Å²) in [5, 5.41) is 3.32. The molecule has 0 radical (unpaired) electrons. The van der Waals surface area contributed by atoms with Gasteiger partial charge in [-0.3, -0.25) is 4.79 Å². The molecule has 4 nitrogen and oxygen atoms in total. The molecule has 1 heterocycles. The van der Waals surface area contributed by atoms with Crippen molar-refractivity contribution in [1.29, 1.82) is 0 Å². The number of amides is 1. The first kappa shape index (κ1) is 14.3. The molecule has 0 saturated heterocycles. The predicted octanol–water partition coefficient (Wildman–Crippen LogP) is 2.46. The van der Waals surface area contributed by atoms with E-state index < -0.39 is 0 Å². The number of carbonyl (C=O) groups is 1. The molecule has 0 fully saturated rings. The predicted molar refractivity (Wildman–Crippen MR) is 73.5 cm³/mol. The second kappa shape index (κ2) is 6.81. The van der Waals surface area contributed by atoms with Crippen molar-refractivity contribution in [2.24, 2.45) is 0 Å². The highest BCUT2D eigenvalue weighted by molar-refractivity contribution is 9.10. The van der Waals surface area contributed by atoms with Crippen molar-refractivity contribution in [3.8, 4) is 0 Å². The fraction of sp³-hybridized carbons (Fsp3) is 0.455. The number of anilines is 1. The lowest BCUT2D eigenvalue weighted by Crippen LogP contribution is -2.35.